The predicted molar refractivity (Wildman–Crippen MR) is 126 cm³/mol. The highest BCUT2D eigenvalue weighted by Gasteiger charge is 2.34. The van der Waals surface area contributed by atoms with Crippen molar-refractivity contribution in [2.75, 3.05) is 13.2 Å². The summed E-state index contributed by atoms with van der Waals surface area (Å²) < 4.78 is 12.1. The van der Waals surface area contributed by atoms with Crippen molar-refractivity contribution in [1.82, 2.24) is 20.4 Å². The number of aromatic nitrogens is 2. The van der Waals surface area contributed by atoms with Gasteiger partial charge < -0.3 is 20.1 Å². The summed E-state index contributed by atoms with van der Waals surface area (Å²) in [4.78, 5) is 49.6. The van der Waals surface area contributed by atoms with Crippen LogP contribution in [-0.4, -0.2) is 41.0 Å². The molecular formula is C25H24N4O6. The summed E-state index contributed by atoms with van der Waals surface area (Å²) in [6, 6.07) is 14.7. The summed E-state index contributed by atoms with van der Waals surface area (Å²) in [5.41, 5.74) is 1.41. The minimum Gasteiger partial charge on any atom is -0.463 e. The Bertz CT molecular complexity index is 1350. The van der Waals surface area contributed by atoms with Gasteiger partial charge in [-0.3, -0.25) is 14.3 Å². The van der Waals surface area contributed by atoms with Crippen molar-refractivity contribution in [3.8, 4) is 0 Å². The topological polar surface area (TPSA) is 129 Å². The molecule has 2 heterocycles. The molecule has 4 rings (SSSR count). The van der Waals surface area contributed by atoms with E-state index in [1.807, 2.05) is 6.07 Å². The second-order valence-corrected chi connectivity index (χ2v) is 7.71. The second-order valence-electron chi connectivity index (χ2n) is 7.71. The Kier molecular flexibility index (Phi) is 7.20. The Balaban J connectivity index is 1.50. The number of carbonyl (C=O) groups excluding carboxylic acids is 3. The van der Waals surface area contributed by atoms with Gasteiger partial charge in [0.15, 0.2) is 0 Å². The van der Waals surface area contributed by atoms with Crippen LogP contribution in [0.1, 0.15) is 24.9 Å². The van der Waals surface area contributed by atoms with Crippen molar-refractivity contribution in [1.29, 1.82) is 0 Å². The lowest BCUT2D eigenvalue weighted by atomic mass is 9.95. The normalized spacial score (nSPS) is 15.3. The van der Waals surface area contributed by atoms with Gasteiger partial charge in [0.2, 0.25) is 5.43 Å². The standard InChI is InChI=1S/C25H24N4O6/c1-2-34-24(32)22-18(27-25(33)28-23(22)16-8-4-3-5-9-16)15-35-21(31)12-13-29-19-11-7-6-10-17(19)20(30)14-26-29/h3-11,14,23H,2,12-13,15H2,1H3,(H2,27,28,33). The van der Waals surface area contributed by atoms with E-state index < -0.39 is 24.0 Å². The van der Waals surface area contributed by atoms with E-state index >= 15 is 0 Å². The monoisotopic (exact) mass is 476 g/mol. The van der Waals surface area contributed by atoms with Gasteiger partial charge in [-0.15, -0.1) is 0 Å². The number of urea groups is 1. The van der Waals surface area contributed by atoms with Gasteiger partial charge >= 0.3 is 18.0 Å². The molecule has 1 aliphatic rings. The van der Waals surface area contributed by atoms with Crippen LogP contribution in [0, 0.1) is 0 Å². The molecule has 1 unspecified atom stereocenters. The maximum atomic E-state index is 12.8. The van der Waals surface area contributed by atoms with Crippen LogP contribution in [0.4, 0.5) is 4.79 Å². The Labute approximate surface area is 200 Å². The van der Waals surface area contributed by atoms with Crippen molar-refractivity contribution in [2.45, 2.75) is 25.9 Å². The lowest BCUT2D eigenvalue weighted by Gasteiger charge is -2.29. The van der Waals surface area contributed by atoms with Crippen LogP contribution in [0.3, 0.4) is 0 Å². The molecule has 0 aliphatic carbocycles. The minimum absolute atomic E-state index is 0.0316. The first-order valence-corrected chi connectivity index (χ1v) is 11.1. The van der Waals surface area contributed by atoms with Crippen LogP contribution in [0.2, 0.25) is 0 Å². The van der Waals surface area contributed by atoms with Crippen molar-refractivity contribution >= 4 is 28.9 Å². The zero-order chi connectivity index (χ0) is 24.8. The fraction of sp³-hybridized carbons (Fsp3) is 0.240. The number of para-hydroxylation sites is 1. The van der Waals surface area contributed by atoms with E-state index in [1.165, 1.54) is 6.20 Å². The summed E-state index contributed by atoms with van der Waals surface area (Å²) in [7, 11) is 0. The van der Waals surface area contributed by atoms with Crippen LogP contribution in [0.25, 0.3) is 10.9 Å². The molecular weight excluding hydrogens is 452 g/mol. The van der Waals surface area contributed by atoms with Gasteiger partial charge in [-0.1, -0.05) is 42.5 Å². The van der Waals surface area contributed by atoms with Gasteiger partial charge in [-0.2, -0.15) is 5.10 Å². The molecule has 0 saturated heterocycles. The number of amides is 2. The number of nitrogens with one attached hydrogen (secondary N) is 2. The highest BCUT2D eigenvalue weighted by molar-refractivity contribution is 5.95. The Hall–Kier alpha value is -4.47. The first-order valence-electron chi connectivity index (χ1n) is 11.1. The Morgan fingerprint density at radius 1 is 1.03 bits per heavy atom. The van der Waals surface area contributed by atoms with E-state index in [1.54, 1.807) is 60.1 Å². The molecule has 10 heteroatoms. The van der Waals surface area contributed by atoms with Gasteiger partial charge in [-0.25, -0.2) is 9.59 Å². The van der Waals surface area contributed by atoms with Crippen LogP contribution in [0.5, 0.6) is 0 Å². The van der Waals surface area contributed by atoms with Crippen molar-refractivity contribution in [3.63, 3.8) is 0 Å². The highest BCUT2D eigenvalue weighted by atomic mass is 16.5. The van der Waals surface area contributed by atoms with Gasteiger partial charge in [0.1, 0.15) is 6.61 Å². The number of nitrogens with zero attached hydrogens (tertiary/aromatic N) is 2. The third-order valence-corrected chi connectivity index (χ3v) is 5.45. The predicted octanol–water partition coefficient (Wildman–Crippen LogP) is 2.20. The van der Waals surface area contributed by atoms with Crippen LogP contribution >= 0.6 is 0 Å². The smallest absolute Gasteiger partial charge is 0.338 e. The van der Waals surface area contributed by atoms with E-state index in [0.29, 0.717) is 16.5 Å². The fourth-order valence-corrected chi connectivity index (χ4v) is 3.84. The number of hydrogen-bond acceptors (Lipinski definition) is 7. The minimum atomic E-state index is -0.755. The van der Waals surface area contributed by atoms with Crippen molar-refractivity contribution < 1.29 is 23.9 Å². The number of aryl methyl sites for hydroxylation is 1. The van der Waals surface area contributed by atoms with Crippen molar-refractivity contribution in [3.05, 3.63) is 87.9 Å². The van der Waals surface area contributed by atoms with Crippen LogP contribution < -0.4 is 16.1 Å². The number of hydrogen-bond donors (Lipinski definition) is 2. The average molecular weight is 476 g/mol. The summed E-state index contributed by atoms with van der Waals surface area (Å²) in [6.07, 6.45) is 1.18. The van der Waals surface area contributed by atoms with E-state index in [0.717, 1.165) is 0 Å². The first kappa shape index (κ1) is 23.7. The number of esters is 2. The first-order chi connectivity index (χ1) is 17.0. The van der Waals surface area contributed by atoms with E-state index in [2.05, 4.69) is 15.7 Å². The van der Waals surface area contributed by atoms with E-state index in [9.17, 15) is 19.2 Å². The summed E-state index contributed by atoms with van der Waals surface area (Å²) in [6.45, 7) is 1.69. The molecule has 2 N–H and O–H groups in total. The molecule has 3 aromatic rings. The maximum absolute atomic E-state index is 12.8. The van der Waals surface area contributed by atoms with E-state index in [4.69, 9.17) is 9.47 Å². The fourth-order valence-electron chi connectivity index (χ4n) is 3.84. The third kappa shape index (κ3) is 5.37. The second kappa shape index (κ2) is 10.6. The molecule has 0 radical (unpaired) electrons. The zero-order valence-electron chi connectivity index (χ0n) is 19.0. The molecule has 2 aromatic carbocycles. The molecule has 1 aliphatic heterocycles. The van der Waals surface area contributed by atoms with Crippen LogP contribution in [0.15, 0.2) is 76.9 Å². The van der Waals surface area contributed by atoms with Gasteiger partial charge in [0, 0.05) is 5.39 Å². The number of carbonyl (C=O) groups is 3. The van der Waals surface area contributed by atoms with Crippen molar-refractivity contribution in [2.24, 2.45) is 0 Å². The highest BCUT2D eigenvalue weighted by Crippen LogP contribution is 2.27. The lowest BCUT2D eigenvalue weighted by Crippen LogP contribution is -2.47. The van der Waals surface area contributed by atoms with Crippen LogP contribution in [-0.2, 0) is 25.6 Å². The molecule has 35 heavy (non-hydrogen) atoms. The molecule has 10 nitrogen and oxygen atoms in total. The molecule has 0 saturated carbocycles. The molecule has 0 spiro atoms. The quantitative estimate of drug-likeness (QED) is 0.477. The lowest BCUT2D eigenvalue weighted by molar-refractivity contribution is -0.144. The molecule has 0 fully saturated rings. The molecule has 180 valence electrons. The SMILES string of the molecule is CCOC(=O)C1=C(COC(=O)CCn2ncc(=O)c3ccccc32)NC(=O)NC1c1ccccc1. The summed E-state index contributed by atoms with van der Waals surface area (Å²) in [5.74, 6) is -1.18. The van der Waals surface area contributed by atoms with E-state index in [-0.39, 0.29) is 42.9 Å². The summed E-state index contributed by atoms with van der Waals surface area (Å²) >= 11 is 0. The Morgan fingerprint density at radius 3 is 2.54 bits per heavy atom. The maximum Gasteiger partial charge on any atom is 0.338 e. The zero-order valence-corrected chi connectivity index (χ0v) is 19.0. The number of ether oxygens (including phenoxy) is 2. The molecule has 1 aromatic heterocycles. The molecule has 0 bridgehead atoms. The average Bonchev–Trinajstić information content (AvgIpc) is 2.87. The molecule has 2 amide bonds. The number of benzene rings is 2. The van der Waals surface area contributed by atoms with Gasteiger partial charge in [0.25, 0.3) is 0 Å². The number of fused-ring (bicyclic) bond motifs is 1. The summed E-state index contributed by atoms with van der Waals surface area (Å²) in [5, 5.41) is 9.89. The Morgan fingerprint density at radius 2 is 1.77 bits per heavy atom. The largest absolute Gasteiger partial charge is 0.463 e. The third-order valence-electron chi connectivity index (χ3n) is 5.45. The van der Waals surface area contributed by atoms with Gasteiger partial charge in [0.05, 0.1) is 48.6 Å². The molecule has 1 atom stereocenters. The number of rotatable bonds is 8. The van der Waals surface area contributed by atoms with Gasteiger partial charge in [-0.05, 0) is 24.6 Å².